The Morgan fingerprint density at radius 3 is 2.67 bits per heavy atom. The summed E-state index contributed by atoms with van der Waals surface area (Å²) in [4.78, 5) is 32.1. The van der Waals surface area contributed by atoms with Gasteiger partial charge in [-0.25, -0.2) is 0 Å². The van der Waals surface area contributed by atoms with Crippen LogP contribution in [-0.2, 0) is 14.3 Å². The van der Waals surface area contributed by atoms with Crippen LogP contribution in [0, 0.1) is 17.8 Å². The summed E-state index contributed by atoms with van der Waals surface area (Å²) in [5.74, 6) is -0.964. The quantitative estimate of drug-likeness (QED) is 0.433. The van der Waals surface area contributed by atoms with Crippen molar-refractivity contribution < 1.29 is 24.5 Å². The summed E-state index contributed by atoms with van der Waals surface area (Å²) >= 11 is 0. The summed E-state index contributed by atoms with van der Waals surface area (Å²) in [5.41, 5.74) is 4.34. The number of para-hydroxylation sites is 1. The first-order chi connectivity index (χ1) is 17.5. The molecule has 2 amide bonds. The number of likely N-dealkylation sites (tertiary alicyclic amines) is 1. The molecular weight excluding hydrogens is 456 g/mol. The Morgan fingerprint density at radius 2 is 1.94 bits per heavy atom. The van der Waals surface area contributed by atoms with Gasteiger partial charge in [-0.05, 0) is 66.7 Å². The van der Waals surface area contributed by atoms with E-state index in [0.29, 0.717) is 38.0 Å². The third-order valence-electron chi connectivity index (χ3n) is 7.67. The number of fused-ring (bicyclic) bond motifs is 3. The minimum Gasteiger partial charge on any atom is -0.507 e. The van der Waals surface area contributed by atoms with Gasteiger partial charge in [-0.1, -0.05) is 31.2 Å². The number of phenols is 1. The number of imide groups is 1. The van der Waals surface area contributed by atoms with Crippen molar-refractivity contribution in [3.05, 3.63) is 71.1 Å². The maximum atomic E-state index is 13.2. The first kappa shape index (κ1) is 24.4. The number of rotatable bonds is 8. The molecule has 7 heteroatoms. The number of hydrogen-bond acceptors (Lipinski definition) is 6. The number of benzene rings is 1. The number of ether oxygens (including phenoxy) is 1. The lowest BCUT2D eigenvalue weighted by Crippen LogP contribution is -2.35. The second kappa shape index (κ2) is 10.4. The number of pyridine rings is 1. The molecule has 7 nitrogen and oxygen atoms in total. The third kappa shape index (κ3) is 4.38. The molecule has 2 saturated heterocycles. The van der Waals surface area contributed by atoms with Crippen molar-refractivity contribution >= 4 is 23.5 Å². The van der Waals surface area contributed by atoms with Gasteiger partial charge in [0.15, 0.2) is 0 Å². The number of phenolic OH excluding ortho intramolecular Hbond substituents is 1. The molecule has 4 atom stereocenters. The van der Waals surface area contributed by atoms with E-state index in [0.717, 1.165) is 28.8 Å². The number of nitrogens with zero attached hydrogens (tertiary/aromatic N) is 2. The molecular formula is C29H32N2O5. The van der Waals surface area contributed by atoms with Gasteiger partial charge >= 0.3 is 0 Å². The topological polar surface area (TPSA) is 100.0 Å². The van der Waals surface area contributed by atoms with Crippen LogP contribution in [0.1, 0.15) is 43.9 Å². The molecule has 0 unspecified atom stereocenters. The van der Waals surface area contributed by atoms with Gasteiger partial charge in [0, 0.05) is 24.2 Å². The summed E-state index contributed by atoms with van der Waals surface area (Å²) in [5, 5.41) is 20.5. The molecule has 36 heavy (non-hydrogen) atoms. The molecule has 3 aliphatic rings. The lowest BCUT2D eigenvalue weighted by molar-refractivity contribution is -0.140. The summed E-state index contributed by atoms with van der Waals surface area (Å²) < 4.78 is 6.23. The summed E-state index contributed by atoms with van der Waals surface area (Å²) in [6.45, 7) is 2.65. The Morgan fingerprint density at radius 1 is 1.14 bits per heavy atom. The molecule has 2 aliphatic heterocycles. The van der Waals surface area contributed by atoms with E-state index in [9.17, 15) is 19.8 Å². The zero-order valence-corrected chi connectivity index (χ0v) is 20.5. The SMILES string of the molecule is CCCN1C(=O)[C@@H]2[C@@H](CC(CO)=C3[C@@H](CC/C(=C/c4ccccc4O)c4ccccn4)OC[C@@H]32)C1=O. The lowest BCUT2D eigenvalue weighted by atomic mass is 9.69. The number of aliphatic hydroxyl groups is 1. The van der Waals surface area contributed by atoms with Crippen molar-refractivity contribution in [3.63, 3.8) is 0 Å². The average Bonchev–Trinajstić information content (AvgIpc) is 3.42. The minimum absolute atomic E-state index is 0.0933. The number of hydrogen-bond donors (Lipinski definition) is 2. The Labute approximate surface area is 211 Å². The minimum atomic E-state index is -0.397. The normalized spacial score (nSPS) is 25.9. The van der Waals surface area contributed by atoms with Crippen LogP contribution in [0.15, 0.2) is 59.8 Å². The second-order valence-electron chi connectivity index (χ2n) is 9.79. The Kier molecular flexibility index (Phi) is 7.03. The molecule has 1 aromatic carbocycles. The van der Waals surface area contributed by atoms with Gasteiger partial charge in [0.2, 0.25) is 11.8 Å². The van der Waals surface area contributed by atoms with Crippen LogP contribution in [-0.4, -0.2) is 57.8 Å². The smallest absolute Gasteiger partial charge is 0.233 e. The van der Waals surface area contributed by atoms with Crippen molar-refractivity contribution in [2.45, 2.75) is 38.7 Å². The molecule has 0 spiro atoms. The molecule has 2 aromatic rings. The van der Waals surface area contributed by atoms with Crippen LogP contribution in [0.3, 0.4) is 0 Å². The van der Waals surface area contributed by atoms with Crippen LogP contribution in [0.5, 0.6) is 5.75 Å². The largest absolute Gasteiger partial charge is 0.507 e. The molecule has 188 valence electrons. The van der Waals surface area contributed by atoms with Crippen molar-refractivity contribution in [1.82, 2.24) is 9.88 Å². The van der Waals surface area contributed by atoms with Gasteiger partial charge < -0.3 is 14.9 Å². The molecule has 2 fully saturated rings. The van der Waals surface area contributed by atoms with E-state index < -0.39 is 11.8 Å². The highest BCUT2D eigenvalue weighted by atomic mass is 16.5. The first-order valence-corrected chi connectivity index (χ1v) is 12.7. The zero-order valence-electron chi connectivity index (χ0n) is 20.5. The molecule has 3 heterocycles. The van der Waals surface area contributed by atoms with Crippen molar-refractivity contribution in [3.8, 4) is 5.75 Å². The zero-order chi connectivity index (χ0) is 25.2. The van der Waals surface area contributed by atoms with Gasteiger partial charge in [-0.2, -0.15) is 0 Å². The van der Waals surface area contributed by atoms with E-state index in [-0.39, 0.29) is 36.2 Å². The van der Waals surface area contributed by atoms with Crippen LogP contribution in [0.4, 0.5) is 0 Å². The van der Waals surface area contributed by atoms with Gasteiger partial charge in [-0.3, -0.25) is 19.5 Å². The molecule has 5 rings (SSSR count). The van der Waals surface area contributed by atoms with E-state index in [1.807, 2.05) is 43.3 Å². The number of aromatic nitrogens is 1. The maximum Gasteiger partial charge on any atom is 0.233 e. The van der Waals surface area contributed by atoms with E-state index in [1.54, 1.807) is 18.3 Å². The molecule has 0 saturated carbocycles. The van der Waals surface area contributed by atoms with Crippen molar-refractivity contribution in [2.75, 3.05) is 19.8 Å². The number of amides is 2. The second-order valence-corrected chi connectivity index (χ2v) is 9.79. The van der Waals surface area contributed by atoms with E-state index in [1.165, 1.54) is 4.90 Å². The molecule has 0 bridgehead atoms. The predicted octanol–water partition coefficient (Wildman–Crippen LogP) is 3.83. The van der Waals surface area contributed by atoms with E-state index in [2.05, 4.69) is 4.98 Å². The fraction of sp³-hybridized carbons (Fsp3) is 0.414. The van der Waals surface area contributed by atoms with E-state index in [4.69, 9.17) is 4.74 Å². The lowest BCUT2D eigenvalue weighted by Gasteiger charge is -2.31. The summed E-state index contributed by atoms with van der Waals surface area (Å²) in [6, 6.07) is 12.9. The van der Waals surface area contributed by atoms with Crippen LogP contribution in [0.2, 0.25) is 0 Å². The van der Waals surface area contributed by atoms with Gasteiger partial charge in [-0.15, -0.1) is 0 Å². The fourth-order valence-corrected chi connectivity index (χ4v) is 6.04. The standard InChI is InChI=1S/C29H32N2O5/c1-2-13-31-28(34)21-15-20(16-32)26-22(27(21)29(31)35)17-36-25(26)11-10-18(23-8-5-6-12-30-23)14-19-7-3-4-9-24(19)33/h3-9,12,14,21-22,25,27,32-33H,2,10-11,13,15-17H2,1H3/b18-14-/t21-,22+,25-,27-/m1/s1. The van der Waals surface area contributed by atoms with Gasteiger partial charge in [0.25, 0.3) is 0 Å². The Balaban J connectivity index is 1.41. The van der Waals surface area contributed by atoms with Crippen molar-refractivity contribution in [2.24, 2.45) is 17.8 Å². The number of aliphatic hydroxyl groups excluding tert-OH is 1. The number of carbonyl (C=O) groups is 2. The Hall–Kier alpha value is -3.29. The Bertz CT molecular complexity index is 1210. The number of carbonyl (C=O) groups excluding carboxylic acids is 2. The third-order valence-corrected chi connectivity index (χ3v) is 7.67. The van der Waals surface area contributed by atoms with Crippen LogP contribution < -0.4 is 0 Å². The summed E-state index contributed by atoms with van der Waals surface area (Å²) in [7, 11) is 0. The average molecular weight is 489 g/mol. The van der Waals surface area contributed by atoms with Crippen LogP contribution >= 0.6 is 0 Å². The monoisotopic (exact) mass is 488 g/mol. The fourth-order valence-electron chi connectivity index (χ4n) is 6.04. The van der Waals surface area contributed by atoms with Crippen molar-refractivity contribution in [1.29, 1.82) is 0 Å². The van der Waals surface area contributed by atoms with Crippen LogP contribution in [0.25, 0.3) is 11.6 Å². The van der Waals surface area contributed by atoms with E-state index >= 15 is 0 Å². The highest BCUT2D eigenvalue weighted by Crippen LogP contribution is 2.49. The van der Waals surface area contributed by atoms with Gasteiger partial charge in [0.05, 0.1) is 36.8 Å². The number of aromatic hydroxyl groups is 1. The predicted molar refractivity (Wildman–Crippen MR) is 135 cm³/mol. The first-order valence-electron chi connectivity index (χ1n) is 12.7. The molecule has 1 aliphatic carbocycles. The molecule has 1 aromatic heterocycles. The maximum absolute atomic E-state index is 13.2. The highest BCUT2D eigenvalue weighted by Gasteiger charge is 2.56. The number of allylic oxidation sites excluding steroid dienone is 1. The molecule has 0 radical (unpaired) electrons. The van der Waals surface area contributed by atoms with Gasteiger partial charge in [0.1, 0.15) is 5.75 Å². The molecule has 2 N–H and O–H groups in total. The highest BCUT2D eigenvalue weighted by molar-refractivity contribution is 6.06. The summed E-state index contributed by atoms with van der Waals surface area (Å²) in [6.07, 6.45) is 5.87.